The summed E-state index contributed by atoms with van der Waals surface area (Å²) in [6.07, 6.45) is 0. The van der Waals surface area contributed by atoms with E-state index in [1.807, 2.05) is 51.1 Å². The lowest BCUT2D eigenvalue weighted by molar-refractivity contribution is 0.277. The molecule has 0 radical (unpaired) electrons. The summed E-state index contributed by atoms with van der Waals surface area (Å²) in [6, 6.07) is 11.9. The van der Waals surface area contributed by atoms with Gasteiger partial charge in [-0.2, -0.15) is 0 Å². The Morgan fingerprint density at radius 3 is 2.21 bits per heavy atom. The zero-order chi connectivity index (χ0) is 14.0. The van der Waals surface area contributed by atoms with E-state index >= 15 is 0 Å². The van der Waals surface area contributed by atoms with Crippen molar-refractivity contribution in [3.63, 3.8) is 0 Å². The first-order valence-electron chi connectivity index (χ1n) is 6.51. The number of phenols is 1. The number of phenolic OH excluding ortho intramolecular Hbond substituents is 1. The van der Waals surface area contributed by atoms with Crippen molar-refractivity contribution in [3.8, 4) is 5.75 Å². The number of hydrogen-bond donors (Lipinski definition) is 2. The van der Waals surface area contributed by atoms with Crippen LogP contribution in [0.3, 0.4) is 0 Å². The quantitative estimate of drug-likeness (QED) is 0.883. The fourth-order valence-corrected chi connectivity index (χ4v) is 2.57. The van der Waals surface area contributed by atoms with E-state index in [2.05, 4.69) is 6.07 Å². The molecule has 0 spiro atoms. The summed E-state index contributed by atoms with van der Waals surface area (Å²) in [6.45, 7) is 5.86. The fourth-order valence-electron chi connectivity index (χ4n) is 2.57. The zero-order valence-corrected chi connectivity index (χ0v) is 11.6. The number of aromatic hydroxyl groups is 1. The lowest BCUT2D eigenvalue weighted by Gasteiger charge is -2.21. The second-order valence-corrected chi connectivity index (χ2v) is 5.04. The van der Waals surface area contributed by atoms with Crippen LogP contribution in [0.25, 0.3) is 0 Å². The van der Waals surface area contributed by atoms with Crippen LogP contribution in [0.2, 0.25) is 0 Å². The van der Waals surface area contributed by atoms with E-state index in [-0.39, 0.29) is 12.5 Å². The third-order valence-corrected chi connectivity index (χ3v) is 3.79. The molecular weight excluding hydrogens is 236 g/mol. The van der Waals surface area contributed by atoms with Gasteiger partial charge in [-0.3, -0.25) is 0 Å². The molecule has 0 amide bonds. The molecule has 0 fully saturated rings. The summed E-state index contributed by atoms with van der Waals surface area (Å²) in [5.41, 5.74) is 4.82. The molecule has 2 rings (SSSR count). The van der Waals surface area contributed by atoms with Crippen molar-refractivity contribution in [3.05, 3.63) is 64.2 Å². The van der Waals surface area contributed by atoms with Crippen LogP contribution in [0.1, 0.15) is 33.7 Å². The minimum absolute atomic E-state index is 0.0130. The maximum atomic E-state index is 10.4. The minimum Gasteiger partial charge on any atom is -0.507 e. The van der Waals surface area contributed by atoms with E-state index in [1.54, 1.807) is 0 Å². The normalized spacial score (nSPS) is 12.4. The summed E-state index contributed by atoms with van der Waals surface area (Å²) in [7, 11) is 0. The third kappa shape index (κ3) is 2.49. The van der Waals surface area contributed by atoms with E-state index in [1.165, 1.54) is 0 Å². The topological polar surface area (TPSA) is 40.5 Å². The molecule has 0 saturated carbocycles. The number of aliphatic hydroxyl groups is 1. The van der Waals surface area contributed by atoms with Crippen LogP contribution in [0.4, 0.5) is 0 Å². The number of aliphatic hydroxyl groups excluding tert-OH is 1. The molecular formula is C17H20O2. The van der Waals surface area contributed by atoms with E-state index < -0.39 is 0 Å². The molecule has 2 aromatic rings. The smallest absolute Gasteiger partial charge is 0.122 e. The Kier molecular flexibility index (Phi) is 3.91. The molecule has 2 aromatic carbocycles. The van der Waals surface area contributed by atoms with Crippen molar-refractivity contribution in [1.82, 2.24) is 0 Å². The standard InChI is InChI=1S/C17H20O2/c1-11-9-12(2)16(17(19)13(11)3)15(10-18)14-7-5-4-6-8-14/h4-9,15,18-19H,10H2,1-3H3/t15-/m1/s1. The first-order chi connectivity index (χ1) is 9.06. The molecule has 0 aliphatic carbocycles. The van der Waals surface area contributed by atoms with Gasteiger partial charge in [0, 0.05) is 11.5 Å². The van der Waals surface area contributed by atoms with Crippen molar-refractivity contribution >= 4 is 0 Å². The SMILES string of the molecule is Cc1cc(C)c([C@H](CO)c2ccccc2)c(O)c1C. The van der Waals surface area contributed by atoms with Crippen LogP contribution in [0, 0.1) is 20.8 Å². The van der Waals surface area contributed by atoms with Crippen LogP contribution in [-0.2, 0) is 0 Å². The third-order valence-electron chi connectivity index (χ3n) is 3.79. The van der Waals surface area contributed by atoms with Crippen molar-refractivity contribution < 1.29 is 10.2 Å². The molecule has 0 unspecified atom stereocenters. The molecule has 2 N–H and O–H groups in total. The number of benzene rings is 2. The van der Waals surface area contributed by atoms with E-state index in [4.69, 9.17) is 0 Å². The molecule has 0 aromatic heterocycles. The van der Waals surface area contributed by atoms with Crippen molar-refractivity contribution in [2.75, 3.05) is 6.61 Å². The predicted octanol–water partition coefficient (Wildman–Crippen LogP) is 3.44. The fraction of sp³-hybridized carbons (Fsp3) is 0.294. The highest BCUT2D eigenvalue weighted by Crippen LogP contribution is 2.37. The molecule has 0 bridgehead atoms. The van der Waals surface area contributed by atoms with Crippen LogP contribution in [-0.4, -0.2) is 16.8 Å². The van der Waals surface area contributed by atoms with Gasteiger partial charge in [-0.25, -0.2) is 0 Å². The first kappa shape index (κ1) is 13.6. The van der Waals surface area contributed by atoms with Crippen molar-refractivity contribution in [2.45, 2.75) is 26.7 Å². The van der Waals surface area contributed by atoms with Gasteiger partial charge in [0.25, 0.3) is 0 Å². The highest BCUT2D eigenvalue weighted by molar-refractivity contribution is 5.53. The Hall–Kier alpha value is -1.80. The molecule has 0 aliphatic heterocycles. The Balaban J connectivity index is 2.60. The van der Waals surface area contributed by atoms with Gasteiger partial charge in [-0.1, -0.05) is 36.4 Å². The maximum Gasteiger partial charge on any atom is 0.122 e. The Labute approximate surface area is 114 Å². The lowest BCUT2D eigenvalue weighted by atomic mass is 9.86. The first-order valence-corrected chi connectivity index (χ1v) is 6.51. The van der Waals surface area contributed by atoms with Crippen molar-refractivity contribution in [2.24, 2.45) is 0 Å². The Bertz CT molecular complexity index is 574. The van der Waals surface area contributed by atoms with Gasteiger partial charge >= 0.3 is 0 Å². The van der Waals surface area contributed by atoms with Gasteiger partial charge in [0.2, 0.25) is 0 Å². The molecule has 0 heterocycles. The van der Waals surface area contributed by atoms with Gasteiger partial charge in [0.05, 0.1) is 6.61 Å². The van der Waals surface area contributed by atoms with Crippen LogP contribution in [0.5, 0.6) is 5.75 Å². The van der Waals surface area contributed by atoms with Gasteiger partial charge in [0.1, 0.15) is 5.75 Å². The minimum atomic E-state index is -0.180. The molecule has 1 atom stereocenters. The largest absolute Gasteiger partial charge is 0.507 e. The van der Waals surface area contributed by atoms with Crippen LogP contribution in [0.15, 0.2) is 36.4 Å². The monoisotopic (exact) mass is 256 g/mol. The number of hydrogen-bond acceptors (Lipinski definition) is 2. The second-order valence-electron chi connectivity index (χ2n) is 5.04. The highest BCUT2D eigenvalue weighted by atomic mass is 16.3. The molecule has 0 saturated heterocycles. The van der Waals surface area contributed by atoms with E-state index in [0.29, 0.717) is 5.75 Å². The maximum absolute atomic E-state index is 10.4. The molecule has 19 heavy (non-hydrogen) atoms. The summed E-state index contributed by atoms with van der Waals surface area (Å²) in [5, 5.41) is 20.1. The van der Waals surface area contributed by atoms with E-state index in [9.17, 15) is 10.2 Å². The van der Waals surface area contributed by atoms with Crippen LogP contribution >= 0.6 is 0 Å². The van der Waals surface area contributed by atoms with Crippen LogP contribution < -0.4 is 0 Å². The number of aryl methyl sites for hydroxylation is 2. The van der Waals surface area contributed by atoms with Gasteiger partial charge in [0.15, 0.2) is 0 Å². The lowest BCUT2D eigenvalue weighted by Crippen LogP contribution is -2.09. The zero-order valence-electron chi connectivity index (χ0n) is 11.6. The summed E-state index contributed by atoms with van der Waals surface area (Å²) >= 11 is 0. The summed E-state index contributed by atoms with van der Waals surface area (Å²) < 4.78 is 0. The molecule has 2 heteroatoms. The summed E-state index contributed by atoms with van der Waals surface area (Å²) in [5.74, 6) is 0.126. The van der Waals surface area contributed by atoms with Gasteiger partial charge in [-0.15, -0.1) is 0 Å². The summed E-state index contributed by atoms with van der Waals surface area (Å²) in [4.78, 5) is 0. The average molecular weight is 256 g/mol. The van der Waals surface area contributed by atoms with E-state index in [0.717, 1.165) is 27.8 Å². The second kappa shape index (κ2) is 5.45. The number of rotatable bonds is 3. The highest BCUT2D eigenvalue weighted by Gasteiger charge is 2.21. The Morgan fingerprint density at radius 2 is 1.63 bits per heavy atom. The predicted molar refractivity (Wildman–Crippen MR) is 77.7 cm³/mol. The van der Waals surface area contributed by atoms with Gasteiger partial charge < -0.3 is 10.2 Å². The molecule has 2 nitrogen and oxygen atoms in total. The molecule has 100 valence electrons. The average Bonchev–Trinajstić information content (AvgIpc) is 2.42. The Morgan fingerprint density at radius 1 is 1.00 bits per heavy atom. The molecule has 0 aliphatic rings. The van der Waals surface area contributed by atoms with Crippen molar-refractivity contribution in [1.29, 1.82) is 0 Å². The van der Waals surface area contributed by atoms with Gasteiger partial charge in [-0.05, 0) is 43.0 Å².